The summed E-state index contributed by atoms with van der Waals surface area (Å²) < 4.78 is 23.6. The maximum atomic E-state index is 13.5. The normalized spacial score (nSPS) is 13.6. The first-order valence-corrected chi connectivity index (χ1v) is 4.61. The van der Waals surface area contributed by atoms with Crippen molar-refractivity contribution in [2.45, 2.75) is 6.42 Å². The number of hydrogen-bond acceptors (Lipinski definition) is 4. The average Bonchev–Trinajstić information content (AvgIpc) is 2.25. The summed E-state index contributed by atoms with van der Waals surface area (Å²) in [5.41, 5.74) is -0.0331. The number of carbonyl (C=O) groups is 1. The van der Waals surface area contributed by atoms with E-state index in [-0.39, 0.29) is 30.3 Å². The highest BCUT2D eigenvalue weighted by Gasteiger charge is 2.23. The summed E-state index contributed by atoms with van der Waals surface area (Å²) in [4.78, 5) is 10.5. The molecule has 6 heteroatoms. The van der Waals surface area contributed by atoms with Gasteiger partial charge in [-0.3, -0.25) is 4.79 Å². The molecule has 0 atom stereocenters. The van der Waals surface area contributed by atoms with E-state index in [1.54, 1.807) is 0 Å². The van der Waals surface area contributed by atoms with Gasteiger partial charge in [-0.15, -0.1) is 0 Å². The van der Waals surface area contributed by atoms with Gasteiger partial charge < -0.3 is 19.7 Å². The third kappa shape index (κ3) is 1.73. The number of benzene rings is 1. The van der Waals surface area contributed by atoms with Crippen LogP contribution in [0, 0.1) is 5.82 Å². The van der Waals surface area contributed by atoms with E-state index in [0.717, 1.165) is 0 Å². The first-order valence-electron chi connectivity index (χ1n) is 4.61. The zero-order chi connectivity index (χ0) is 11.7. The highest BCUT2D eigenvalue weighted by molar-refractivity contribution is 5.72. The Bertz CT molecular complexity index is 443. The number of aliphatic carboxylic acids is 1. The molecule has 1 aliphatic heterocycles. The maximum absolute atomic E-state index is 13.5. The van der Waals surface area contributed by atoms with Crippen molar-refractivity contribution in [3.8, 4) is 17.2 Å². The molecule has 0 fully saturated rings. The third-order valence-electron chi connectivity index (χ3n) is 2.17. The lowest BCUT2D eigenvalue weighted by atomic mass is 10.1. The molecule has 0 radical (unpaired) electrons. The molecule has 0 aliphatic carbocycles. The van der Waals surface area contributed by atoms with Crippen molar-refractivity contribution >= 4 is 5.97 Å². The SMILES string of the molecule is O=C(O)Cc1cc2c(c(F)c1O)OCCO2. The zero-order valence-corrected chi connectivity index (χ0v) is 8.20. The molecule has 0 aromatic heterocycles. The summed E-state index contributed by atoms with van der Waals surface area (Å²) in [7, 11) is 0. The smallest absolute Gasteiger partial charge is 0.307 e. The molecule has 2 rings (SSSR count). The molecular formula is C10H9FO5. The molecule has 16 heavy (non-hydrogen) atoms. The first-order chi connectivity index (χ1) is 7.59. The lowest BCUT2D eigenvalue weighted by Crippen LogP contribution is -2.17. The van der Waals surface area contributed by atoms with Gasteiger partial charge in [0.25, 0.3) is 0 Å². The van der Waals surface area contributed by atoms with Gasteiger partial charge >= 0.3 is 5.97 Å². The van der Waals surface area contributed by atoms with Gasteiger partial charge in [-0.2, -0.15) is 4.39 Å². The molecule has 0 amide bonds. The van der Waals surface area contributed by atoms with Gasteiger partial charge in [0.1, 0.15) is 13.2 Å². The molecule has 0 saturated carbocycles. The lowest BCUT2D eigenvalue weighted by Gasteiger charge is -2.20. The van der Waals surface area contributed by atoms with Gasteiger partial charge in [-0.1, -0.05) is 0 Å². The van der Waals surface area contributed by atoms with Crippen LogP contribution < -0.4 is 9.47 Å². The number of rotatable bonds is 2. The van der Waals surface area contributed by atoms with Gasteiger partial charge in [0.15, 0.2) is 11.5 Å². The van der Waals surface area contributed by atoms with E-state index in [1.165, 1.54) is 6.07 Å². The maximum Gasteiger partial charge on any atom is 0.307 e. The average molecular weight is 228 g/mol. The minimum Gasteiger partial charge on any atom is -0.505 e. The van der Waals surface area contributed by atoms with Gasteiger partial charge in [0.05, 0.1) is 6.42 Å². The Morgan fingerprint density at radius 2 is 2.12 bits per heavy atom. The van der Waals surface area contributed by atoms with Crippen LogP contribution in [-0.4, -0.2) is 29.4 Å². The third-order valence-corrected chi connectivity index (χ3v) is 2.17. The van der Waals surface area contributed by atoms with Crippen LogP contribution in [-0.2, 0) is 11.2 Å². The van der Waals surface area contributed by atoms with Crippen LogP contribution in [0.15, 0.2) is 6.07 Å². The van der Waals surface area contributed by atoms with E-state index in [2.05, 4.69) is 0 Å². The topological polar surface area (TPSA) is 76.0 Å². The molecule has 1 heterocycles. The van der Waals surface area contributed by atoms with Crippen LogP contribution in [0.25, 0.3) is 0 Å². The fraction of sp³-hybridized carbons (Fsp3) is 0.300. The Hall–Kier alpha value is -1.98. The zero-order valence-electron chi connectivity index (χ0n) is 8.20. The van der Waals surface area contributed by atoms with Crippen LogP contribution in [0.2, 0.25) is 0 Å². The molecule has 0 spiro atoms. The van der Waals surface area contributed by atoms with E-state index in [0.29, 0.717) is 0 Å². The Labute approximate surface area is 90.0 Å². The number of halogens is 1. The van der Waals surface area contributed by atoms with E-state index < -0.39 is 24.0 Å². The monoisotopic (exact) mass is 228 g/mol. The number of phenolic OH excluding ortho intramolecular Hbond substituents is 1. The highest BCUT2D eigenvalue weighted by atomic mass is 19.1. The van der Waals surface area contributed by atoms with Crippen molar-refractivity contribution < 1.29 is 28.9 Å². The lowest BCUT2D eigenvalue weighted by molar-refractivity contribution is -0.136. The number of phenols is 1. The largest absolute Gasteiger partial charge is 0.505 e. The van der Waals surface area contributed by atoms with Gasteiger partial charge in [0.2, 0.25) is 11.6 Å². The van der Waals surface area contributed by atoms with E-state index in [9.17, 15) is 14.3 Å². The summed E-state index contributed by atoms with van der Waals surface area (Å²) in [6.07, 6.45) is -0.473. The minimum atomic E-state index is -1.16. The second kappa shape index (κ2) is 3.88. The Morgan fingerprint density at radius 1 is 1.44 bits per heavy atom. The Balaban J connectivity index is 2.48. The molecular weight excluding hydrogens is 219 g/mol. The van der Waals surface area contributed by atoms with Gasteiger partial charge in [-0.25, -0.2) is 0 Å². The molecule has 0 unspecified atom stereocenters. The molecule has 1 aromatic rings. The number of carboxylic acids is 1. The standard InChI is InChI=1S/C10H9FO5/c11-8-9(14)5(4-7(12)13)3-6-10(8)16-2-1-15-6/h3,14H,1-2,4H2,(H,12,13). The minimum absolute atomic E-state index is 0.0331. The van der Waals surface area contributed by atoms with Gasteiger partial charge in [0, 0.05) is 5.56 Å². The Kier molecular flexibility index (Phi) is 2.55. The molecule has 0 bridgehead atoms. The molecule has 5 nitrogen and oxygen atoms in total. The predicted octanol–water partition coefficient (Wildman–Crippen LogP) is 0.930. The van der Waals surface area contributed by atoms with E-state index in [1.807, 2.05) is 0 Å². The summed E-state index contributed by atoms with van der Waals surface area (Å²) >= 11 is 0. The summed E-state index contributed by atoms with van der Waals surface area (Å²) in [6, 6.07) is 1.28. The van der Waals surface area contributed by atoms with E-state index in [4.69, 9.17) is 14.6 Å². The van der Waals surface area contributed by atoms with Crippen molar-refractivity contribution in [1.82, 2.24) is 0 Å². The summed E-state index contributed by atoms with van der Waals surface area (Å²) in [5.74, 6) is -2.89. The molecule has 86 valence electrons. The second-order valence-electron chi connectivity index (χ2n) is 3.29. The van der Waals surface area contributed by atoms with Crippen molar-refractivity contribution in [1.29, 1.82) is 0 Å². The van der Waals surface area contributed by atoms with Crippen LogP contribution in [0.5, 0.6) is 17.2 Å². The second-order valence-corrected chi connectivity index (χ2v) is 3.29. The number of fused-ring (bicyclic) bond motifs is 1. The predicted molar refractivity (Wildman–Crippen MR) is 50.4 cm³/mol. The van der Waals surface area contributed by atoms with Crippen LogP contribution in [0.4, 0.5) is 4.39 Å². The molecule has 1 aromatic carbocycles. The van der Waals surface area contributed by atoms with Crippen molar-refractivity contribution in [3.63, 3.8) is 0 Å². The number of aromatic hydroxyl groups is 1. The summed E-state index contributed by atoms with van der Waals surface area (Å²) in [5, 5.41) is 18.0. The van der Waals surface area contributed by atoms with Crippen molar-refractivity contribution in [2.75, 3.05) is 13.2 Å². The summed E-state index contributed by atoms with van der Waals surface area (Å²) in [6.45, 7) is 0.464. The van der Waals surface area contributed by atoms with Crippen LogP contribution in [0.3, 0.4) is 0 Å². The van der Waals surface area contributed by atoms with Crippen LogP contribution in [0.1, 0.15) is 5.56 Å². The quantitative estimate of drug-likeness (QED) is 0.787. The van der Waals surface area contributed by atoms with E-state index >= 15 is 0 Å². The Morgan fingerprint density at radius 3 is 2.81 bits per heavy atom. The van der Waals surface area contributed by atoms with Crippen molar-refractivity contribution in [3.05, 3.63) is 17.4 Å². The van der Waals surface area contributed by atoms with Crippen molar-refractivity contribution in [2.24, 2.45) is 0 Å². The highest BCUT2D eigenvalue weighted by Crippen LogP contribution is 2.40. The fourth-order valence-corrected chi connectivity index (χ4v) is 1.48. The molecule has 1 aliphatic rings. The van der Waals surface area contributed by atoms with Crippen LogP contribution >= 0.6 is 0 Å². The number of carboxylic acid groups (broad SMARTS) is 1. The molecule has 2 N–H and O–H groups in total. The van der Waals surface area contributed by atoms with Gasteiger partial charge in [-0.05, 0) is 6.07 Å². The number of hydrogen-bond donors (Lipinski definition) is 2. The molecule has 0 saturated heterocycles. The fourth-order valence-electron chi connectivity index (χ4n) is 1.48. The first kappa shape index (κ1) is 10.5. The number of ether oxygens (including phenoxy) is 2.